The smallest absolute Gasteiger partial charge is 0.277 e. The molecule has 0 bridgehead atoms. The second-order valence-corrected chi connectivity index (χ2v) is 6.35. The highest BCUT2D eigenvalue weighted by Gasteiger charge is 2.06. The summed E-state index contributed by atoms with van der Waals surface area (Å²) in [6.45, 7) is -0.119. The number of halogens is 1. The van der Waals surface area contributed by atoms with Gasteiger partial charge in [-0.25, -0.2) is 5.43 Å². The number of nitrogens with zero attached hydrogens (tertiary/aromatic N) is 1. The molecular formula is C20H17BrN2O3. The van der Waals surface area contributed by atoms with Gasteiger partial charge in [-0.2, -0.15) is 5.10 Å². The first-order chi connectivity index (χ1) is 12.7. The van der Waals surface area contributed by atoms with E-state index in [2.05, 4.69) is 26.5 Å². The molecule has 6 heteroatoms. The predicted molar refractivity (Wildman–Crippen MR) is 106 cm³/mol. The molecule has 132 valence electrons. The lowest BCUT2D eigenvalue weighted by Crippen LogP contribution is -2.24. The van der Waals surface area contributed by atoms with Crippen LogP contribution in [0.25, 0.3) is 10.8 Å². The van der Waals surface area contributed by atoms with Crippen molar-refractivity contribution in [2.24, 2.45) is 5.10 Å². The topological polar surface area (TPSA) is 59.9 Å². The molecule has 26 heavy (non-hydrogen) atoms. The van der Waals surface area contributed by atoms with Gasteiger partial charge in [0.05, 0.1) is 13.3 Å². The number of amides is 1. The van der Waals surface area contributed by atoms with Crippen molar-refractivity contribution in [3.05, 3.63) is 70.7 Å². The Morgan fingerprint density at radius 3 is 2.65 bits per heavy atom. The third kappa shape index (κ3) is 4.40. The number of hydrazone groups is 1. The van der Waals surface area contributed by atoms with Gasteiger partial charge >= 0.3 is 0 Å². The average molecular weight is 413 g/mol. The summed E-state index contributed by atoms with van der Waals surface area (Å²) in [7, 11) is 1.60. The number of rotatable bonds is 6. The summed E-state index contributed by atoms with van der Waals surface area (Å²) >= 11 is 3.35. The van der Waals surface area contributed by atoms with Gasteiger partial charge in [-0.1, -0.05) is 46.3 Å². The minimum Gasteiger partial charge on any atom is -0.496 e. The Morgan fingerprint density at radius 2 is 1.88 bits per heavy atom. The lowest BCUT2D eigenvalue weighted by atomic mass is 10.0. The van der Waals surface area contributed by atoms with E-state index in [4.69, 9.17) is 9.47 Å². The number of carbonyl (C=O) groups is 1. The van der Waals surface area contributed by atoms with Crippen molar-refractivity contribution in [3.63, 3.8) is 0 Å². The van der Waals surface area contributed by atoms with Gasteiger partial charge in [0.15, 0.2) is 6.61 Å². The molecule has 5 nitrogen and oxygen atoms in total. The van der Waals surface area contributed by atoms with Crippen molar-refractivity contribution in [2.75, 3.05) is 13.7 Å². The summed E-state index contributed by atoms with van der Waals surface area (Å²) < 4.78 is 11.7. The zero-order valence-corrected chi connectivity index (χ0v) is 15.7. The molecule has 0 aliphatic rings. The van der Waals surface area contributed by atoms with E-state index in [1.807, 2.05) is 48.5 Å². The standard InChI is InChI=1S/C20H17BrN2O3/c1-25-19-11-6-14-4-2-3-5-17(14)18(19)12-22-23-20(24)13-26-16-9-7-15(21)8-10-16/h2-12H,13H2,1H3,(H,23,24)/b22-12+. The minimum atomic E-state index is -0.344. The zero-order chi connectivity index (χ0) is 18.4. The fraction of sp³-hybridized carbons (Fsp3) is 0.100. The monoisotopic (exact) mass is 412 g/mol. The van der Waals surface area contributed by atoms with Crippen LogP contribution < -0.4 is 14.9 Å². The second-order valence-electron chi connectivity index (χ2n) is 5.44. The van der Waals surface area contributed by atoms with Crippen molar-refractivity contribution in [3.8, 4) is 11.5 Å². The van der Waals surface area contributed by atoms with Gasteiger partial charge < -0.3 is 9.47 Å². The quantitative estimate of drug-likeness (QED) is 0.488. The van der Waals surface area contributed by atoms with Crippen LogP contribution in [0.2, 0.25) is 0 Å². The normalized spacial score (nSPS) is 10.8. The Balaban J connectivity index is 1.65. The largest absolute Gasteiger partial charge is 0.496 e. The van der Waals surface area contributed by atoms with Gasteiger partial charge in [-0.15, -0.1) is 0 Å². The molecule has 0 fully saturated rings. The van der Waals surface area contributed by atoms with Crippen LogP contribution in [-0.4, -0.2) is 25.8 Å². The maximum absolute atomic E-state index is 11.9. The molecule has 3 rings (SSSR count). The average Bonchev–Trinajstić information content (AvgIpc) is 2.67. The van der Waals surface area contributed by atoms with Crippen LogP contribution in [0.15, 0.2) is 70.2 Å². The van der Waals surface area contributed by atoms with Crippen molar-refractivity contribution in [2.45, 2.75) is 0 Å². The van der Waals surface area contributed by atoms with E-state index >= 15 is 0 Å². The van der Waals surface area contributed by atoms with E-state index in [9.17, 15) is 4.79 Å². The molecule has 0 heterocycles. The Labute approximate surface area is 159 Å². The number of benzene rings is 3. The Hall–Kier alpha value is -2.86. The summed E-state index contributed by atoms with van der Waals surface area (Å²) in [5, 5.41) is 6.10. The molecule has 0 aliphatic heterocycles. The lowest BCUT2D eigenvalue weighted by Gasteiger charge is -2.08. The summed E-state index contributed by atoms with van der Waals surface area (Å²) in [5.74, 6) is 0.958. The van der Waals surface area contributed by atoms with Crippen LogP contribution in [0.4, 0.5) is 0 Å². The summed E-state index contributed by atoms with van der Waals surface area (Å²) in [6.07, 6.45) is 1.58. The molecule has 0 spiro atoms. The Morgan fingerprint density at radius 1 is 1.12 bits per heavy atom. The maximum atomic E-state index is 11.9. The number of hydrogen-bond donors (Lipinski definition) is 1. The van der Waals surface area contributed by atoms with Crippen LogP contribution >= 0.6 is 15.9 Å². The fourth-order valence-electron chi connectivity index (χ4n) is 2.47. The molecule has 3 aromatic rings. The van der Waals surface area contributed by atoms with Crippen LogP contribution in [0.1, 0.15) is 5.56 Å². The molecule has 0 aliphatic carbocycles. The van der Waals surface area contributed by atoms with Gasteiger partial charge in [0.1, 0.15) is 11.5 Å². The molecule has 0 saturated heterocycles. The Kier molecular flexibility index (Phi) is 5.86. The number of fused-ring (bicyclic) bond motifs is 1. The number of ether oxygens (including phenoxy) is 2. The van der Waals surface area contributed by atoms with E-state index in [-0.39, 0.29) is 12.5 Å². The van der Waals surface area contributed by atoms with Gasteiger partial charge in [0.2, 0.25) is 0 Å². The first-order valence-electron chi connectivity index (χ1n) is 7.93. The zero-order valence-electron chi connectivity index (χ0n) is 14.1. The fourth-order valence-corrected chi connectivity index (χ4v) is 2.73. The van der Waals surface area contributed by atoms with E-state index in [1.165, 1.54) is 0 Å². The van der Waals surface area contributed by atoms with Crippen molar-refractivity contribution in [1.29, 1.82) is 0 Å². The second kappa shape index (κ2) is 8.49. The first-order valence-corrected chi connectivity index (χ1v) is 8.72. The van der Waals surface area contributed by atoms with Gasteiger partial charge in [0, 0.05) is 10.0 Å². The summed E-state index contributed by atoms with van der Waals surface area (Å²) in [6, 6.07) is 19.0. The number of nitrogens with one attached hydrogen (secondary N) is 1. The molecule has 3 aromatic carbocycles. The molecule has 0 saturated carbocycles. The molecule has 0 atom stereocenters. The SMILES string of the molecule is COc1ccc2ccccc2c1/C=N/NC(=O)COc1ccc(Br)cc1. The van der Waals surface area contributed by atoms with Gasteiger partial charge in [-0.3, -0.25) is 4.79 Å². The molecule has 1 N–H and O–H groups in total. The minimum absolute atomic E-state index is 0.119. The Bertz CT molecular complexity index is 939. The highest BCUT2D eigenvalue weighted by atomic mass is 79.9. The highest BCUT2D eigenvalue weighted by Crippen LogP contribution is 2.26. The first kappa shape index (κ1) is 17.9. The van der Waals surface area contributed by atoms with Gasteiger partial charge in [0.25, 0.3) is 5.91 Å². The van der Waals surface area contributed by atoms with E-state index < -0.39 is 0 Å². The number of hydrogen-bond acceptors (Lipinski definition) is 4. The van der Waals surface area contributed by atoms with Crippen molar-refractivity contribution in [1.82, 2.24) is 5.43 Å². The van der Waals surface area contributed by atoms with Crippen molar-refractivity contribution >= 4 is 38.8 Å². The molecule has 0 unspecified atom stereocenters. The molecule has 1 amide bonds. The van der Waals surface area contributed by atoms with Crippen LogP contribution in [0.5, 0.6) is 11.5 Å². The van der Waals surface area contributed by atoms with E-state index in [0.29, 0.717) is 11.5 Å². The number of carbonyl (C=O) groups excluding carboxylic acids is 1. The maximum Gasteiger partial charge on any atom is 0.277 e. The third-order valence-corrected chi connectivity index (χ3v) is 4.25. The van der Waals surface area contributed by atoms with Crippen LogP contribution in [0.3, 0.4) is 0 Å². The molecular weight excluding hydrogens is 396 g/mol. The lowest BCUT2D eigenvalue weighted by molar-refractivity contribution is -0.123. The van der Waals surface area contributed by atoms with Gasteiger partial charge in [-0.05, 0) is 41.1 Å². The molecule has 0 radical (unpaired) electrons. The van der Waals surface area contributed by atoms with E-state index in [1.54, 1.807) is 25.5 Å². The van der Waals surface area contributed by atoms with Crippen LogP contribution in [0, 0.1) is 0 Å². The van der Waals surface area contributed by atoms with Crippen molar-refractivity contribution < 1.29 is 14.3 Å². The summed E-state index contributed by atoms with van der Waals surface area (Å²) in [5.41, 5.74) is 3.27. The highest BCUT2D eigenvalue weighted by molar-refractivity contribution is 9.10. The van der Waals surface area contributed by atoms with Crippen LogP contribution in [-0.2, 0) is 4.79 Å². The summed E-state index contributed by atoms with van der Waals surface area (Å²) in [4.78, 5) is 11.9. The number of methoxy groups -OCH3 is 1. The molecule has 0 aromatic heterocycles. The van der Waals surface area contributed by atoms with E-state index in [0.717, 1.165) is 20.8 Å². The third-order valence-electron chi connectivity index (χ3n) is 3.72. The predicted octanol–water partition coefficient (Wildman–Crippen LogP) is 4.14.